The van der Waals surface area contributed by atoms with Crippen molar-refractivity contribution in [3.63, 3.8) is 0 Å². The van der Waals surface area contributed by atoms with Gasteiger partial charge >= 0.3 is 5.97 Å². The molecule has 0 aromatic heterocycles. The molecule has 0 radical (unpaired) electrons. The molecule has 0 amide bonds. The Morgan fingerprint density at radius 3 is 3.25 bits per heavy atom. The number of ether oxygens (including phenoxy) is 2. The number of methoxy groups -OCH3 is 1. The first kappa shape index (κ1) is 7.21. The Balaban J connectivity index is 2.09. The predicted octanol–water partition coefficient (Wildman–Crippen LogP) is -0.0724. The molecule has 2 aliphatic rings. The van der Waals surface area contributed by atoms with Crippen LogP contribution in [0.15, 0.2) is 24.1 Å². The SMILES string of the molecule is COC(=O)C1=CC2OC=CC2N1. The van der Waals surface area contributed by atoms with E-state index >= 15 is 0 Å². The van der Waals surface area contributed by atoms with Gasteiger partial charge in [0.1, 0.15) is 11.8 Å². The molecule has 2 unspecified atom stereocenters. The first-order valence-corrected chi connectivity index (χ1v) is 3.70. The third kappa shape index (κ3) is 0.958. The molecule has 0 saturated heterocycles. The fourth-order valence-corrected chi connectivity index (χ4v) is 1.32. The number of carbonyl (C=O) groups is 1. The van der Waals surface area contributed by atoms with Crippen LogP contribution in [-0.2, 0) is 14.3 Å². The van der Waals surface area contributed by atoms with Crippen molar-refractivity contribution >= 4 is 5.97 Å². The second-order valence-electron chi connectivity index (χ2n) is 2.67. The van der Waals surface area contributed by atoms with Crippen LogP contribution in [0.4, 0.5) is 0 Å². The molecule has 4 heteroatoms. The molecular formula is C8H9NO3. The fraction of sp³-hybridized carbons (Fsp3) is 0.375. The van der Waals surface area contributed by atoms with E-state index in [2.05, 4.69) is 10.1 Å². The average molecular weight is 167 g/mol. The zero-order valence-corrected chi connectivity index (χ0v) is 6.61. The van der Waals surface area contributed by atoms with E-state index in [1.165, 1.54) is 7.11 Å². The summed E-state index contributed by atoms with van der Waals surface area (Å²) >= 11 is 0. The highest BCUT2D eigenvalue weighted by Crippen LogP contribution is 2.20. The van der Waals surface area contributed by atoms with E-state index in [9.17, 15) is 4.79 Å². The highest BCUT2D eigenvalue weighted by Gasteiger charge is 2.32. The van der Waals surface area contributed by atoms with Gasteiger partial charge in [-0.15, -0.1) is 0 Å². The second-order valence-corrected chi connectivity index (χ2v) is 2.67. The minimum atomic E-state index is -0.346. The van der Waals surface area contributed by atoms with Gasteiger partial charge in [-0.25, -0.2) is 4.79 Å². The van der Waals surface area contributed by atoms with Gasteiger partial charge in [0.25, 0.3) is 0 Å². The summed E-state index contributed by atoms with van der Waals surface area (Å²) in [5, 5.41) is 2.98. The van der Waals surface area contributed by atoms with E-state index in [0.717, 1.165) is 0 Å². The van der Waals surface area contributed by atoms with Crippen LogP contribution >= 0.6 is 0 Å². The van der Waals surface area contributed by atoms with Gasteiger partial charge in [-0.3, -0.25) is 0 Å². The van der Waals surface area contributed by atoms with E-state index < -0.39 is 0 Å². The predicted molar refractivity (Wildman–Crippen MR) is 41.0 cm³/mol. The van der Waals surface area contributed by atoms with E-state index in [0.29, 0.717) is 5.70 Å². The van der Waals surface area contributed by atoms with Crippen molar-refractivity contribution in [2.75, 3.05) is 7.11 Å². The van der Waals surface area contributed by atoms with Crippen LogP contribution in [0.1, 0.15) is 0 Å². The number of carbonyl (C=O) groups excluding carboxylic acids is 1. The third-order valence-electron chi connectivity index (χ3n) is 1.93. The van der Waals surface area contributed by atoms with Crippen LogP contribution in [-0.4, -0.2) is 25.2 Å². The van der Waals surface area contributed by atoms with Gasteiger partial charge in [-0.1, -0.05) is 0 Å². The van der Waals surface area contributed by atoms with Crippen LogP contribution in [0.3, 0.4) is 0 Å². The van der Waals surface area contributed by atoms with Gasteiger partial charge in [-0.2, -0.15) is 0 Å². The van der Waals surface area contributed by atoms with Gasteiger partial charge in [0.2, 0.25) is 0 Å². The highest BCUT2D eigenvalue weighted by atomic mass is 16.5. The van der Waals surface area contributed by atoms with E-state index in [4.69, 9.17) is 4.74 Å². The van der Waals surface area contributed by atoms with Crippen molar-refractivity contribution < 1.29 is 14.3 Å². The number of fused-ring (bicyclic) bond motifs is 1. The topological polar surface area (TPSA) is 47.6 Å². The Kier molecular flexibility index (Phi) is 1.53. The number of rotatable bonds is 1. The number of esters is 1. The Labute approximate surface area is 69.8 Å². The summed E-state index contributed by atoms with van der Waals surface area (Å²) in [6, 6.07) is 0.0964. The molecule has 0 saturated carbocycles. The summed E-state index contributed by atoms with van der Waals surface area (Å²) < 4.78 is 9.72. The monoisotopic (exact) mass is 167 g/mol. The maximum absolute atomic E-state index is 11.0. The first-order valence-electron chi connectivity index (χ1n) is 3.70. The largest absolute Gasteiger partial charge is 0.492 e. The van der Waals surface area contributed by atoms with Crippen molar-refractivity contribution in [2.45, 2.75) is 12.1 Å². The molecule has 0 aromatic carbocycles. The maximum Gasteiger partial charge on any atom is 0.353 e. The third-order valence-corrected chi connectivity index (χ3v) is 1.93. The highest BCUT2D eigenvalue weighted by molar-refractivity contribution is 5.88. The summed E-state index contributed by atoms with van der Waals surface area (Å²) in [7, 11) is 1.36. The molecule has 4 nitrogen and oxygen atoms in total. The van der Waals surface area contributed by atoms with E-state index in [-0.39, 0.29) is 18.1 Å². The molecule has 0 aliphatic carbocycles. The summed E-state index contributed by atoms with van der Waals surface area (Å²) in [5.41, 5.74) is 0.483. The molecule has 2 heterocycles. The molecular weight excluding hydrogens is 158 g/mol. The molecule has 64 valence electrons. The molecule has 0 spiro atoms. The quantitative estimate of drug-likeness (QED) is 0.555. The van der Waals surface area contributed by atoms with Gasteiger partial charge < -0.3 is 14.8 Å². The van der Waals surface area contributed by atoms with Gasteiger partial charge in [0.15, 0.2) is 0 Å². The molecule has 0 fully saturated rings. The van der Waals surface area contributed by atoms with Crippen LogP contribution in [0.2, 0.25) is 0 Å². The lowest BCUT2D eigenvalue weighted by molar-refractivity contribution is -0.136. The fourth-order valence-electron chi connectivity index (χ4n) is 1.32. The van der Waals surface area contributed by atoms with Crippen molar-refractivity contribution in [3.05, 3.63) is 24.1 Å². The van der Waals surface area contributed by atoms with E-state index in [1.54, 1.807) is 12.3 Å². The Bertz CT molecular complexity index is 269. The molecule has 2 atom stereocenters. The van der Waals surface area contributed by atoms with Crippen LogP contribution in [0.25, 0.3) is 0 Å². The van der Waals surface area contributed by atoms with Crippen LogP contribution in [0.5, 0.6) is 0 Å². The molecule has 12 heavy (non-hydrogen) atoms. The molecule has 0 aromatic rings. The standard InChI is InChI=1S/C8H9NO3/c1-11-8(10)6-4-7-5(9-6)2-3-12-7/h2-5,7,9H,1H3. The van der Waals surface area contributed by atoms with Gasteiger partial charge in [-0.05, 0) is 12.2 Å². The lowest BCUT2D eigenvalue weighted by Gasteiger charge is -2.07. The lowest BCUT2D eigenvalue weighted by Crippen LogP contribution is -2.29. The first-order chi connectivity index (χ1) is 5.81. The molecule has 1 N–H and O–H groups in total. The Hall–Kier alpha value is -1.45. The number of nitrogens with one attached hydrogen (secondary N) is 1. The minimum absolute atomic E-state index is 0.0425. The van der Waals surface area contributed by atoms with Gasteiger partial charge in [0, 0.05) is 0 Å². The van der Waals surface area contributed by atoms with Crippen LogP contribution in [0, 0.1) is 0 Å². The summed E-state index contributed by atoms with van der Waals surface area (Å²) in [6.07, 6.45) is 5.19. The number of hydrogen-bond acceptors (Lipinski definition) is 4. The molecule has 2 aliphatic heterocycles. The lowest BCUT2D eigenvalue weighted by atomic mass is 10.2. The van der Waals surface area contributed by atoms with Crippen molar-refractivity contribution in [3.8, 4) is 0 Å². The zero-order chi connectivity index (χ0) is 8.55. The number of hydrogen-bond donors (Lipinski definition) is 1. The van der Waals surface area contributed by atoms with Crippen molar-refractivity contribution in [1.82, 2.24) is 5.32 Å². The molecule has 0 bridgehead atoms. The zero-order valence-electron chi connectivity index (χ0n) is 6.61. The average Bonchev–Trinajstić information content (AvgIpc) is 2.60. The van der Waals surface area contributed by atoms with Crippen molar-refractivity contribution in [1.29, 1.82) is 0 Å². The normalized spacial score (nSPS) is 30.2. The smallest absolute Gasteiger partial charge is 0.353 e. The Morgan fingerprint density at radius 1 is 1.75 bits per heavy atom. The van der Waals surface area contributed by atoms with Crippen LogP contribution < -0.4 is 5.32 Å². The summed E-state index contributed by atoms with van der Waals surface area (Å²) in [6.45, 7) is 0. The second kappa shape index (κ2) is 2.55. The maximum atomic E-state index is 11.0. The minimum Gasteiger partial charge on any atom is -0.492 e. The van der Waals surface area contributed by atoms with E-state index in [1.807, 2.05) is 6.08 Å². The summed E-state index contributed by atoms with van der Waals surface area (Å²) in [4.78, 5) is 11.0. The summed E-state index contributed by atoms with van der Waals surface area (Å²) in [5.74, 6) is -0.346. The van der Waals surface area contributed by atoms with Gasteiger partial charge in [0.05, 0.1) is 19.4 Å². The molecule has 2 rings (SSSR count). The Morgan fingerprint density at radius 2 is 2.58 bits per heavy atom. The van der Waals surface area contributed by atoms with Crippen molar-refractivity contribution in [2.24, 2.45) is 0 Å².